The highest BCUT2D eigenvalue weighted by atomic mass is 16.5. The van der Waals surface area contributed by atoms with Gasteiger partial charge in [0.25, 0.3) is 5.91 Å². The third-order valence-corrected chi connectivity index (χ3v) is 1.77. The molecule has 72 valence electrons. The summed E-state index contributed by atoms with van der Waals surface area (Å²) in [5.74, 6) is -0.0540. The van der Waals surface area contributed by atoms with E-state index < -0.39 is 0 Å². The van der Waals surface area contributed by atoms with Crippen LogP contribution in [0.1, 0.15) is 23.9 Å². The van der Waals surface area contributed by atoms with Gasteiger partial charge in [0.15, 0.2) is 0 Å². The molecule has 3 N–H and O–H groups in total. The Morgan fingerprint density at radius 3 is 3.08 bits per heavy atom. The number of rotatable bonds is 4. The molecule has 1 heterocycles. The van der Waals surface area contributed by atoms with Crippen molar-refractivity contribution in [3.8, 4) is 0 Å². The number of amides is 1. The maximum Gasteiger partial charge on any atom is 0.290 e. The summed E-state index contributed by atoms with van der Waals surface area (Å²) >= 11 is 0. The molecule has 0 aromatic carbocycles. The Labute approximate surface area is 76.3 Å². The molecule has 5 heteroatoms. The Bertz CT molecular complexity index is 254. The van der Waals surface area contributed by atoms with Crippen LogP contribution in [0.15, 0.2) is 16.8 Å². The SMILES string of the molecule is CCC(CN)NC(=O)c1ccno1. The van der Waals surface area contributed by atoms with E-state index in [-0.39, 0.29) is 17.7 Å². The molecular formula is C8H13N3O2. The number of nitrogens with one attached hydrogen (secondary N) is 1. The third-order valence-electron chi connectivity index (χ3n) is 1.77. The molecule has 1 amide bonds. The molecule has 0 fully saturated rings. The number of aromatic nitrogens is 1. The Balaban J connectivity index is 2.50. The van der Waals surface area contributed by atoms with Crippen LogP contribution < -0.4 is 11.1 Å². The molecule has 1 unspecified atom stereocenters. The van der Waals surface area contributed by atoms with Crippen molar-refractivity contribution in [1.82, 2.24) is 10.5 Å². The minimum Gasteiger partial charge on any atom is -0.351 e. The van der Waals surface area contributed by atoms with Crippen LogP contribution in [0.25, 0.3) is 0 Å². The molecule has 0 saturated heterocycles. The van der Waals surface area contributed by atoms with Gasteiger partial charge < -0.3 is 15.6 Å². The number of nitrogens with two attached hydrogens (primary N) is 1. The Morgan fingerprint density at radius 1 is 1.85 bits per heavy atom. The summed E-state index contributed by atoms with van der Waals surface area (Å²) < 4.78 is 4.68. The minimum absolute atomic E-state index is 0.00222. The predicted molar refractivity (Wildman–Crippen MR) is 47.1 cm³/mol. The van der Waals surface area contributed by atoms with Gasteiger partial charge in [-0.1, -0.05) is 12.1 Å². The lowest BCUT2D eigenvalue weighted by Gasteiger charge is -2.12. The van der Waals surface area contributed by atoms with E-state index >= 15 is 0 Å². The first-order valence-electron chi connectivity index (χ1n) is 4.19. The first-order valence-corrected chi connectivity index (χ1v) is 4.19. The fourth-order valence-corrected chi connectivity index (χ4v) is 0.917. The van der Waals surface area contributed by atoms with Gasteiger partial charge in [-0.3, -0.25) is 4.79 Å². The second-order valence-electron chi connectivity index (χ2n) is 2.69. The maximum absolute atomic E-state index is 11.3. The minimum atomic E-state index is -0.269. The Hall–Kier alpha value is -1.36. The van der Waals surface area contributed by atoms with Crippen LogP contribution in [0, 0.1) is 0 Å². The van der Waals surface area contributed by atoms with Gasteiger partial charge in [-0.05, 0) is 6.42 Å². The summed E-state index contributed by atoms with van der Waals surface area (Å²) in [7, 11) is 0. The highest BCUT2D eigenvalue weighted by Crippen LogP contribution is 1.97. The van der Waals surface area contributed by atoms with Crippen molar-refractivity contribution < 1.29 is 9.32 Å². The summed E-state index contributed by atoms with van der Waals surface area (Å²) in [5.41, 5.74) is 5.42. The van der Waals surface area contributed by atoms with Crippen molar-refractivity contribution in [2.24, 2.45) is 5.73 Å². The summed E-state index contributed by atoms with van der Waals surface area (Å²) in [6.07, 6.45) is 2.23. The van der Waals surface area contributed by atoms with Crippen molar-refractivity contribution >= 4 is 5.91 Å². The van der Waals surface area contributed by atoms with Crippen LogP contribution in [-0.4, -0.2) is 23.7 Å². The average Bonchev–Trinajstić information content (AvgIpc) is 2.66. The lowest BCUT2D eigenvalue weighted by Crippen LogP contribution is -2.39. The quantitative estimate of drug-likeness (QED) is 0.695. The topological polar surface area (TPSA) is 81.1 Å². The van der Waals surface area contributed by atoms with Crippen molar-refractivity contribution in [1.29, 1.82) is 0 Å². The Morgan fingerprint density at radius 2 is 2.62 bits per heavy atom. The average molecular weight is 183 g/mol. The Kier molecular flexibility index (Phi) is 3.45. The van der Waals surface area contributed by atoms with Gasteiger partial charge >= 0.3 is 0 Å². The van der Waals surface area contributed by atoms with Gasteiger partial charge in [0.05, 0.1) is 6.20 Å². The van der Waals surface area contributed by atoms with Crippen molar-refractivity contribution in [3.05, 3.63) is 18.0 Å². The van der Waals surface area contributed by atoms with Crippen LogP contribution in [0.3, 0.4) is 0 Å². The fourth-order valence-electron chi connectivity index (χ4n) is 0.917. The number of hydrogen-bond donors (Lipinski definition) is 2. The van der Waals surface area contributed by atoms with Gasteiger partial charge in [0.1, 0.15) is 0 Å². The number of nitrogens with zero attached hydrogens (tertiary/aromatic N) is 1. The van der Waals surface area contributed by atoms with E-state index in [0.717, 1.165) is 6.42 Å². The normalized spacial score (nSPS) is 12.5. The zero-order valence-corrected chi connectivity index (χ0v) is 7.49. The van der Waals surface area contributed by atoms with E-state index in [1.54, 1.807) is 0 Å². The lowest BCUT2D eigenvalue weighted by atomic mass is 10.2. The molecular weight excluding hydrogens is 170 g/mol. The van der Waals surface area contributed by atoms with Crippen LogP contribution in [0.2, 0.25) is 0 Å². The number of hydrogen-bond acceptors (Lipinski definition) is 4. The van der Waals surface area contributed by atoms with Crippen molar-refractivity contribution in [2.45, 2.75) is 19.4 Å². The number of carbonyl (C=O) groups excluding carboxylic acids is 1. The second-order valence-corrected chi connectivity index (χ2v) is 2.69. The molecule has 0 aliphatic heterocycles. The van der Waals surface area contributed by atoms with E-state index in [9.17, 15) is 4.79 Å². The van der Waals surface area contributed by atoms with Gasteiger partial charge in [0.2, 0.25) is 5.76 Å². The largest absolute Gasteiger partial charge is 0.351 e. The monoisotopic (exact) mass is 183 g/mol. The molecule has 1 rings (SSSR count). The molecule has 1 atom stereocenters. The maximum atomic E-state index is 11.3. The molecule has 1 aromatic heterocycles. The van der Waals surface area contributed by atoms with E-state index in [0.29, 0.717) is 6.54 Å². The highest BCUT2D eigenvalue weighted by molar-refractivity contribution is 5.91. The van der Waals surface area contributed by atoms with Gasteiger partial charge in [-0.2, -0.15) is 0 Å². The summed E-state index contributed by atoms with van der Waals surface area (Å²) in [4.78, 5) is 11.3. The summed E-state index contributed by atoms with van der Waals surface area (Å²) in [6, 6.07) is 1.51. The van der Waals surface area contributed by atoms with E-state index in [4.69, 9.17) is 5.73 Å². The lowest BCUT2D eigenvalue weighted by molar-refractivity contribution is 0.0900. The molecule has 0 saturated carbocycles. The fraction of sp³-hybridized carbons (Fsp3) is 0.500. The smallest absolute Gasteiger partial charge is 0.290 e. The van der Waals surface area contributed by atoms with Gasteiger partial charge in [-0.15, -0.1) is 0 Å². The van der Waals surface area contributed by atoms with Crippen molar-refractivity contribution in [2.75, 3.05) is 6.54 Å². The van der Waals surface area contributed by atoms with Crippen LogP contribution >= 0.6 is 0 Å². The first-order chi connectivity index (χ1) is 6.27. The predicted octanol–water partition coefficient (Wildman–Crippen LogP) is 0.142. The molecule has 0 aliphatic rings. The highest BCUT2D eigenvalue weighted by Gasteiger charge is 2.13. The van der Waals surface area contributed by atoms with Crippen LogP contribution in [0.4, 0.5) is 0 Å². The number of carbonyl (C=O) groups is 1. The molecule has 1 aromatic rings. The first kappa shape index (κ1) is 9.73. The molecule has 0 spiro atoms. The van der Waals surface area contributed by atoms with E-state index in [1.165, 1.54) is 12.3 Å². The molecule has 5 nitrogen and oxygen atoms in total. The van der Waals surface area contributed by atoms with E-state index in [1.807, 2.05) is 6.92 Å². The second kappa shape index (κ2) is 4.61. The summed E-state index contributed by atoms with van der Waals surface area (Å²) in [6.45, 7) is 2.38. The zero-order valence-electron chi connectivity index (χ0n) is 7.49. The van der Waals surface area contributed by atoms with Crippen LogP contribution in [-0.2, 0) is 0 Å². The molecule has 0 bridgehead atoms. The molecule has 0 radical (unpaired) electrons. The van der Waals surface area contributed by atoms with E-state index in [2.05, 4.69) is 15.0 Å². The molecule has 0 aliphatic carbocycles. The summed E-state index contributed by atoms with van der Waals surface area (Å²) in [5, 5.41) is 6.16. The third kappa shape index (κ3) is 2.55. The van der Waals surface area contributed by atoms with Crippen LogP contribution in [0.5, 0.6) is 0 Å². The van der Waals surface area contributed by atoms with Gasteiger partial charge in [-0.25, -0.2) is 0 Å². The molecule has 13 heavy (non-hydrogen) atoms. The standard InChI is InChI=1S/C8H13N3O2/c1-2-6(5-9)11-8(12)7-3-4-10-13-7/h3-4,6H,2,5,9H2,1H3,(H,11,12). The zero-order chi connectivity index (χ0) is 9.68. The van der Waals surface area contributed by atoms with Crippen molar-refractivity contribution in [3.63, 3.8) is 0 Å². The van der Waals surface area contributed by atoms with Gasteiger partial charge in [0, 0.05) is 18.7 Å².